The molecule has 0 aromatic rings. The number of esters is 6. The average molecular weight is 987 g/mol. The van der Waals surface area contributed by atoms with E-state index in [0.717, 1.165) is 96.4 Å². The molecule has 0 saturated heterocycles. The van der Waals surface area contributed by atoms with Crippen LogP contribution in [0.1, 0.15) is 214 Å². The number of ether oxygens (including phenoxy) is 6. The van der Waals surface area contributed by atoms with E-state index in [1.807, 2.05) is 25.9 Å². The molecule has 396 valence electrons. The summed E-state index contributed by atoms with van der Waals surface area (Å²) in [6.07, 6.45) is 20.1. The summed E-state index contributed by atoms with van der Waals surface area (Å²) < 4.78 is 33.0. The van der Waals surface area contributed by atoms with Crippen LogP contribution in [0.25, 0.3) is 0 Å². The Kier molecular flexibility index (Phi) is 43.7. The van der Waals surface area contributed by atoms with E-state index in [-0.39, 0.29) is 96.1 Å². The van der Waals surface area contributed by atoms with E-state index < -0.39 is 48.0 Å². The Morgan fingerprint density at radius 3 is 1.01 bits per heavy atom. The van der Waals surface area contributed by atoms with Crippen LogP contribution < -0.4 is 0 Å². The van der Waals surface area contributed by atoms with Gasteiger partial charge in [-0.3, -0.25) is 33.6 Å². The first-order valence-corrected chi connectivity index (χ1v) is 27.4. The molecule has 0 saturated carbocycles. The van der Waals surface area contributed by atoms with Crippen LogP contribution in [0.15, 0.2) is 0 Å². The van der Waals surface area contributed by atoms with Gasteiger partial charge in [-0.25, -0.2) is 0 Å². The summed E-state index contributed by atoms with van der Waals surface area (Å²) in [7, 11) is 3.92. The minimum absolute atomic E-state index is 0.0543. The summed E-state index contributed by atoms with van der Waals surface area (Å²) in [4.78, 5) is 93.2. The van der Waals surface area contributed by atoms with Crippen molar-refractivity contribution in [2.45, 2.75) is 226 Å². The standard InChI is InChI=1S/C52H94N2O13S/c1-7-11-15-18-21-24-31-47(56)63-41-44(40-62-46(55)30-14-10-4)66-50(59)34-27-37-54(52(61)68-39-29-36-53(5)6)38-28-35-51(60)67-45(42-64-48(57)32-25-22-19-16-12-8-2)43-65-49(58)33-26-23-20-17-13-9-3/h44-45H,7-43H2,1-6H3. The molecule has 15 nitrogen and oxygen atoms in total. The highest BCUT2D eigenvalue weighted by molar-refractivity contribution is 8.13. The Hall–Kier alpha value is -3.40. The lowest BCUT2D eigenvalue weighted by molar-refractivity contribution is -0.167. The first-order valence-electron chi connectivity index (χ1n) is 26.4. The molecule has 0 N–H and O–H groups in total. The van der Waals surface area contributed by atoms with Crippen LogP contribution in [0.5, 0.6) is 0 Å². The van der Waals surface area contributed by atoms with Gasteiger partial charge in [-0.05, 0) is 65.6 Å². The highest BCUT2D eigenvalue weighted by atomic mass is 32.2. The second kappa shape index (κ2) is 46.0. The quantitative estimate of drug-likeness (QED) is 0.0319. The van der Waals surface area contributed by atoms with Crippen LogP contribution in [0, 0.1) is 0 Å². The second-order valence-electron chi connectivity index (χ2n) is 18.1. The third-order valence-corrected chi connectivity index (χ3v) is 12.1. The van der Waals surface area contributed by atoms with E-state index in [9.17, 15) is 33.6 Å². The van der Waals surface area contributed by atoms with Crippen molar-refractivity contribution in [1.82, 2.24) is 9.80 Å². The van der Waals surface area contributed by atoms with E-state index in [1.165, 1.54) is 31.0 Å². The van der Waals surface area contributed by atoms with Crippen LogP contribution in [0.4, 0.5) is 4.79 Å². The third-order valence-electron chi connectivity index (χ3n) is 11.1. The molecule has 16 heteroatoms. The number of rotatable bonds is 46. The number of unbranched alkanes of at least 4 members (excludes halogenated alkanes) is 16. The number of hydrogen-bond acceptors (Lipinski definition) is 15. The number of carbonyl (C=O) groups is 7. The Morgan fingerprint density at radius 1 is 0.368 bits per heavy atom. The largest absolute Gasteiger partial charge is 0.462 e. The summed E-state index contributed by atoms with van der Waals surface area (Å²) in [6, 6.07) is 0. The van der Waals surface area contributed by atoms with Gasteiger partial charge in [0.25, 0.3) is 5.24 Å². The van der Waals surface area contributed by atoms with Crippen LogP contribution in [-0.4, -0.2) is 129 Å². The molecule has 1 amide bonds. The maximum atomic E-state index is 13.4. The van der Waals surface area contributed by atoms with Crippen molar-refractivity contribution in [1.29, 1.82) is 0 Å². The first kappa shape index (κ1) is 64.6. The number of amides is 1. The lowest BCUT2D eigenvalue weighted by Gasteiger charge is -2.23. The van der Waals surface area contributed by atoms with Gasteiger partial charge < -0.3 is 38.2 Å². The maximum Gasteiger partial charge on any atom is 0.306 e. The number of hydrogen-bond donors (Lipinski definition) is 0. The molecule has 0 radical (unpaired) electrons. The molecule has 0 aliphatic carbocycles. The van der Waals surface area contributed by atoms with Crippen molar-refractivity contribution in [3.63, 3.8) is 0 Å². The summed E-state index contributed by atoms with van der Waals surface area (Å²) in [5, 5.41) is -0.188. The van der Waals surface area contributed by atoms with E-state index in [0.29, 0.717) is 31.4 Å². The first-order chi connectivity index (χ1) is 32.8. The predicted molar refractivity (Wildman–Crippen MR) is 268 cm³/mol. The fraction of sp³-hybridized carbons (Fsp3) is 0.865. The molecule has 68 heavy (non-hydrogen) atoms. The molecule has 0 bridgehead atoms. The topological polar surface area (TPSA) is 181 Å². The zero-order chi connectivity index (χ0) is 50.5. The average Bonchev–Trinajstić information content (AvgIpc) is 3.31. The van der Waals surface area contributed by atoms with Gasteiger partial charge in [0.05, 0.1) is 0 Å². The van der Waals surface area contributed by atoms with Crippen molar-refractivity contribution in [2.75, 3.05) is 65.9 Å². The molecule has 1 unspecified atom stereocenters. The Labute approximate surface area is 415 Å². The molecular formula is C52H94N2O13S. The van der Waals surface area contributed by atoms with Crippen LogP contribution >= 0.6 is 11.8 Å². The monoisotopic (exact) mass is 987 g/mol. The summed E-state index contributed by atoms with van der Waals surface area (Å²) >= 11 is 1.17. The lowest BCUT2D eigenvalue weighted by Crippen LogP contribution is -2.33. The van der Waals surface area contributed by atoms with Gasteiger partial charge in [0, 0.05) is 57.4 Å². The van der Waals surface area contributed by atoms with Crippen LogP contribution in [0.2, 0.25) is 0 Å². The fourth-order valence-corrected chi connectivity index (χ4v) is 7.79. The molecule has 0 aliphatic heterocycles. The molecule has 0 aromatic carbocycles. The normalized spacial score (nSPS) is 11.6. The second-order valence-corrected chi connectivity index (χ2v) is 19.1. The van der Waals surface area contributed by atoms with Crippen molar-refractivity contribution in [3.05, 3.63) is 0 Å². The van der Waals surface area contributed by atoms with Crippen molar-refractivity contribution >= 4 is 52.8 Å². The van der Waals surface area contributed by atoms with Crippen molar-refractivity contribution < 1.29 is 62.0 Å². The minimum Gasteiger partial charge on any atom is -0.462 e. The molecule has 0 aromatic heterocycles. The van der Waals surface area contributed by atoms with Gasteiger partial charge in [0.1, 0.15) is 26.4 Å². The molecular weight excluding hydrogens is 893 g/mol. The number of thioether (sulfide) groups is 1. The fourth-order valence-electron chi connectivity index (χ4n) is 6.98. The molecule has 0 fully saturated rings. The van der Waals surface area contributed by atoms with E-state index in [2.05, 4.69) is 20.8 Å². The lowest BCUT2D eigenvalue weighted by atomic mass is 10.1. The molecule has 0 aliphatic rings. The van der Waals surface area contributed by atoms with Gasteiger partial charge in [-0.2, -0.15) is 0 Å². The Balaban J connectivity index is 5.49. The van der Waals surface area contributed by atoms with Gasteiger partial charge in [-0.15, -0.1) is 0 Å². The van der Waals surface area contributed by atoms with Crippen LogP contribution in [-0.2, 0) is 57.2 Å². The number of nitrogens with zero attached hydrogens (tertiary/aromatic N) is 2. The van der Waals surface area contributed by atoms with Crippen LogP contribution in [0.3, 0.4) is 0 Å². The van der Waals surface area contributed by atoms with Gasteiger partial charge in [0.2, 0.25) is 0 Å². The highest BCUT2D eigenvalue weighted by Gasteiger charge is 2.23. The van der Waals surface area contributed by atoms with Crippen molar-refractivity contribution in [3.8, 4) is 0 Å². The SMILES string of the molecule is CCCCCCCCC(=O)OCC(COC(=O)CCCC)OC(=O)CCCN(CCCC(=O)OC(COC(=O)CCCCCCCC)COC(=O)CCCCCCCC)C(=O)SCCCN(C)C. The Morgan fingerprint density at radius 2 is 0.676 bits per heavy atom. The predicted octanol–water partition coefficient (Wildman–Crippen LogP) is 11.1. The van der Waals surface area contributed by atoms with E-state index in [4.69, 9.17) is 28.4 Å². The Bertz CT molecular complexity index is 1300. The van der Waals surface area contributed by atoms with Gasteiger partial charge >= 0.3 is 35.8 Å². The smallest absolute Gasteiger partial charge is 0.306 e. The number of carbonyl (C=O) groups excluding carboxylic acids is 7. The summed E-state index contributed by atoms with van der Waals surface area (Å²) in [6.45, 7) is 8.68. The highest BCUT2D eigenvalue weighted by Crippen LogP contribution is 2.16. The van der Waals surface area contributed by atoms with Gasteiger partial charge in [-0.1, -0.05) is 142 Å². The maximum absolute atomic E-state index is 13.4. The minimum atomic E-state index is -0.979. The summed E-state index contributed by atoms with van der Waals surface area (Å²) in [5.74, 6) is -2.21. The van der Waals surface area contributed by atoms with E-state index in [1.54, 1.807) is 4.90 Å². The van der Waals surface area contributed by atoms with Crippen molar-refractivity contribution in [2.24, 2.45) is 0 Å². The molecule has 0 spiro atoms. The molecule has 0 rings (SSSR count). The zero-order valence-corrected chi connectivity index (χ0v) is 44.2. The molecule has 0 heterocycles. The molecule has 1 atom stereocenters. The third kappa shape index (κ3) is 41.6. The zero-order valence-electron chi connectivity index (χ0n) is 43.4. The van der Waals surface area contributed by atoms with E-state index >= 15 is 0 Å². The van der Waals surface area contributed by atoms with Gasteiger partial charge in [0.15, 0.2) is 12.2 Å². The summed E-state index contributed by atoms with van der Waals surface area (Å²) in [5.41, 5.74) is 0.